The summed E-state index contributed by atoms with van der Waals surface area (Å²) in [5.74, 6) is 0.873. The number of carbonyl (C=O) groups is 1. The van der Waals surface area contributed by atoms with Crippen molar-refractivity contribution in [1.29, 1.82) is 0 Å². The molecular formula is C13H15N3OS2. The number of thiazole rings is 1. The van der Waals surface area contributed by atoms with Crippen molar-refractivity contribution >= 4 is 34.0 Å². The fourth-order valence-electron chi connectivity index (χ4n) is 1.51. The summed E-state index contributed by atoms with van der Waals surface area (Å²) in [5, 5.41) is 4.62. The van der Waals surface area contributed by atoms with E-state index in [0.29, 0.717) is 6.42 Å². The Labute approximate surface area is 120 Å². The maximum absolute atomic E-state index is 11.7. The van der Waals surface area contributed by atoms with Crippen LogP contribution in [0.2, 0.25) is 0 Å². The molecule has 0 radical (unpaired) electrons. The van der Waals surface area contributed by atoms with Gasteiger partial charge in [0.2, 0.25) is 5.91 Å². The van der Waals surface area contributed by atoms with E-state index in [1.165, 1.54) is 11.3 Å². The molecule has 0 bridgehead atoms. The largest absolute Gasteiger partial charge is 0.316 e. The second-order valence-corrected chi connectivity index (χ2v) is 5.95. The van der Waals surface area contributed by atoms with Gasteiger partial charge in [0.25, 0.3) is 0 Å². The Kier molecular flexibility index (Phi) is 4.93. The Morgan fingerprint density at radius 2 is 2.37 bits per heavy atom. The minimum atomic E-state index is 0.0406. The number of nitrogens with one attached hydrogen (secondary N) is 1. The second kappa shape index (κ2) is 6.68. The van der Waals surface area contributed by atoms with Crippen LogP contribution in [0, 0.1) is 6.92 Å². The normalized spacial score (nSPS) is 10.4. The van der Waals surface area contributed by atoms with Crippen LogP contribution in [0.3, 0.4) is 0 Å². The smallest absolute Gasteiger partial charge is 0.225 e. The van der Waals surface area contributed by atoms with Crippen molar-refractivity contribution in [2.45, 2.75) is 13.3 Å². The van der Waals surface area contributed by atoms with Crippen molar-refractivity contribution in [3.05, 3.63) is 30.2 Å². The van der Waals surface area contributed by atoms with Gasteiger partial charge in [-0.2, -0.15) is 11.8 Å². The van der Waals surface area contributed by atoms with Crippen molar-refractivity contribution in [2.24, 2.45) is 0 Å². The lowest BCUT2D eigenvalue weighted by Gasteiger charge is -2.01. The van der Waals surface area contributed by atoms with Crippen LogP contribution in [0.25, 0.3) is 10.6 Å². The number of aromatic nitrogens is 2. The van der Waals surface area contributed by atoms with Crippen LogP contribution in [-0.4, -0.2) is 27.9 Å². The van der Waals surface area contributed by atoms with Gasteiger partial charge in [-0.05, 0) is 25.3 Å². The lowest BCUT2D eigenvalue weighted by molar-refractivity contribution is -0.115. The summed E-state index contributed by atoms with van der Waals surface area (Å²) < 4.78 is 0. The molecule has 0 saturated carbocycles. The molecule has 6 heteroatoms. The molecule has 2 aromatic rings. The molecule has 1 amide bonds. The zero-order valence-corrected chi connectivity index (χ0v) is 12.5. The molecule has 0 fully saturated rings. The Morgan fingerprint density at radius 3 is 3.05 bits per heavy atom. The van der Waals surface area contributed by atoms with E-state index in [1.54, 1.807) is 24.2 Å². The summed E-state index contributed by atoms with van der Waals surface area (Å²) in [6.45, 7) is 1.90. The molecule has 100 valence electrons. The Bertz CT molecular complexity index is 554. The molecule has 2 aromatic heterocycles. The molecule has 0 atom stereocenters. The predicted octanol–water partition coefficient (Wildman–Crippen LogP) is 3.21. The van der Waals surface area contributed by atoms with Gasteiger partial charge in [-0.1, -0.05) is 11.3 Å². The predicted molar refractivity (Wildman–Crippen MR) is 81.7 cm³/mol. The van der Waals surface area contributed by atoms with Crippen LogP contribution < -0.4 is 5.32 Å². The first kappa shape index (κ1) is 14.0. The van der Waals surface area contributed by atoms with Gasteiger partial charge in [0.15, 0.2) is 0 Å². The SMILES string of the molecule is CSCCC(=O)Nc1sc(-c2cccnc2)nc1C. The number of pyridine rings is 1. The molecule has 0 aliphatic rings. The van der Waals surface area contributed by atoms with Gasteiger partial charge in [0.1, 0.15) is 10.0 Å². The van der Waals surface area contributed by atoms with Gasteiger partial charge in [0.05, 0.1) is 5.69 Å². The molecule has 2 heterocycles. The highest BCUT2D eigenvalue weighted by molar-refractivity contribution is 7.98. The first-order valence-corrected chi connectivity index (χ1v) is 8.08. The molecule has 4 nitrogen and oxygen atoms in total. The Balaban J connectivity index is 2.11. The third-order valence-electron chi connectivity index (χ3n) is 2.49. The van der Waals surface area contributed by atoms with Crippen molar-refractivity contribution in [3.8, 4) is 10.6 Å². The molecule has 2 rings (SSSR count). The topological polar surface area (TPSA) is 54.9 Å². The summed E-state index contributed by atoms with van der Waals surface area (Å²) in [4.78, 5) is 20.3. The minimum absolute atomic E-state index is 0.0406. The molecule has 0 aromatic carbocycles. The molecular weight excluding hydrogens is 278 g/mol. The highest BCUT2D eigenvalue weighted by Crippen LogP contribution is 2.31. The van der Waals surface area contributed by atoms with Crippen LogP contribution in [-0.2, 0) is 4.79 Å². The van der Waals surface area contributed by atoms with Crippen LogP contribution in [0.15, 0.2) is 24.5 Å². The molecule has 19 heavy (non-hydrogen) atoms. The summed E-state index contributed by atoms with van der Waals surface area (Å²) in [5.41, 5.74) is 1.82. The fourth-order valence-corrected chi connectivity index (χ4v) is 2.87. The van der Waals surface area contributed by atoms with E-state index < -0.39 is 0 Å². The van der Waals surface area contributed by atoms with Crippen LogP contribution in [0.5, 0.6) is 0 Å². The van der Waals surface area contributed by atoms with Gasteiger partial charge in [0, 0.05) is 30.1 Å². The Morgan fingerprint density at radius 1 is 1.53 bits per heavy atom. The van der Waals surface area contributed by atoms with E-state index in [0.717, 1.165) is 27.0 Å². The quantitative estimate of drug-likeness (QED) is 0.919. The van der Waals surface area contributed by atoms with Gasteiger partial charge < -0.3 is 5.32 Å². The maximum Gasteiger partial charge on any atom is 0.225 e. The van der Waals surface area contributed by atoms with Crippen molar-refractivity contribution < 1.29 is 4.79 Å². The summed E-state index contributed by atoms with van der Waals surface area (Å²) in [7, 11) is 0. The van der Waals surface area contributed by atoms with Gasteiger partial charge in [-0.3, -0.25) is 9.78 Å². The van der Waals surface area contributed by atoms with Gasteiger partial charge in [-0.15, -0.1) is 0 Å². The fraction of sp³-hybridized carbons (Fsp3) is 0.308. The molecule has 0 unspecified atom stereocenters. The second-order valence-electron chi connectivity index (χ2n) is 3.97. The monoisotopic (exact) mass is 293 g/mol. The van der Waals surface area contributed by atoms with Crippen molar-refractivity contribution in [2.75, 3.05) is 17.3 Å². The third kappa shape index (κ3) is 3.78. The first-order valence-electron chi connectivity index (χ1n) is 5.87. The minimum Gasteiger partial charge on any atom is -0.316 e. The highest BCUT2D eigenvalue weighted by atomic mass is 32.2. The number of amides is 1. The number of rotatable bonds is 5. The number of carbonyl (C=O) groups excluding carboxylic acids is 1. The molecule has 0 aliphatic carbocycles. The van der Waals surface area contributed by atoms with Crippen molar-refractivity contribution in [1.82, 2.24) is 9.97 Å². The molecule has 1 N–H and O–H groups in total. The maximum atomic E-state index is 11.7. The standard InChI is InChI=1S/C13H15N3OS2/c1-9-12(16-11(17)5-7-18-2)19-13(15-9)10-4-3-6-14-8-10/h3-4,6,8H,5,7H2,1-2H3,(H,16,17). The number of hydrogen-bond acceptors (Lipinski definition) is 5. The zero-order valence-electron chi connectivity index (χ0n) is 10.8. The number of hydrogen-bond donors (Lipinski definition) is 1. The molecule has 0 spiro atoms. The van der Waals surface area contributed by atoms with E-state index in [2.05, 4.69) is 15.3 Å². The highest BCUT2D eigenvalue weighted by Gasteiger charge is 2.11. The van der Waals surface area contributed by atoms with Gasteiger partial charge in [-0.25, -0.2) is 4.98 Å². The number of thioether (sulfide) groups is 1. The van der Waals surface area contributed by atoms with E-state index in [9.17, 15) is 4.79 Å². The van der Waals surface area contributed by atoms with Crippen LogP contribution >= 0.6 is 23.1 Å². The van der Waals surface area contributed by atoms with Gasteiger partial charge >= 0.3 is 0 Å². The summed E-state index contributed by atoms with van der Waals surface area (Å²) in [6, 6.07) is 3.84. The van der Waals surface area contributed by atoms with E-state index in [-0.39, 0.29) is 5.91 Å². The molecule has 0 aliphatic heterocycles. The summed E-state index contributed by atoms with van der Waals surface area (Å²) in [6.07, 6.45) is 6.03. The summed E-state index contributed by atoms with van der Waals surface area (Å²) >= 11 is 3.15. The van der Waals surface area contributed by atoms with Crippen molar-refractivity contribution in [3.63, 3.8) is 0 Å². The number of anilines is 1. The van der Waals surface area contributed by atoms with E-state index in [4.69, 9.17) is 0 Å². The first-order chi connectivity index (χ1) is 9.20. The lowest BCUT2D eigenvalue weighted by Crippen LogP contribution is -2.11. The average Bonchev–Trinajstić information content (AvgIpc) is 2.79. The molecule has 0 saturated heterocycles. The van der Waals surface area contributed by atoms with E-state index in [1.807, 2.05) is 25.3 Å². The third-order valence-corrected chi connectivity index (χ3v) is 4.23. The van der Waals surface area contributed by atoms with Crippen LogP contribution in [0.1, 0.15) is 12.1 Å². The number of nitrogens with zero attached hydrogens (tertiary/aromatic N) is 2. The Hall–Kier alpha value is -1.40. The lowest BCUT2D eigenvalue weighted by atomic mass is 10.3. The van der Waals surface area contributed by atoms with E-state index >= 15 is 0 Å². The average molecular weight is 293 g/mol. The number of aryl methyl sites for hydroxylation is 1. The van der Waals surface area contributed by atoms with Crippen LogP contribution in [0.4, 0.5) is 5.00 Å². The zero-order chi connectivity index (χ0) is 13.7.